The highest BCUT2D eigenvalue weighted by Gasteiger charge is 2.39. The van der Waals surface area contributed by atoms with Gasteiger partial charge in [0.2, 0.25) is 5.95 Å². The van der Waals surface area contributed by atoms with Gasteiger partial charge in [-0.2, -0.15) is 0 Å². The lowest BCUT2D eigenvalue weighted by Crippen LogP contribution is -2.42. The maximum absolute atomic E-state index is 6.59. The minimum absolute atomic E-state index is 0.164. The normalized spacial score (nSPS) is 23.0. The zero-order valence-corrected chi connectivity index (χ0v) is 15.0. The first-order valence-electron chi connectivity index (χ1n) is 8.99. The van der Waals surface area contributed by atoms with Gasteiger partial charge >= 0.3 is 0 Å². The van der Waals surface area contributed by atoms with Crippen molar-refractivity contribution in [3.8, 4) is 0 Å². The van der Waals surface area contributed by atoms with Crippen LogP contribution in [-0.2, 0) is 5.41 Å². The van der Waals surface area contributed by atoms with Gasteiger partial charge in [0, 0.05) is 35.8 Å². The molecule has 6 heteroatoms. The van der Waals surface area contributed by atoms with Gasteiger partial charge in [-0.15, -0.1) is 0 Å². The molecule has 0 spiro atoms. The molecule has 0 unspecified atom stereocenters. The summed E-state index contributed by atoms with van der Waals surface area (Å²) in [4.78, 5) is 11.7. The van der Waals surface area contributed by atoms with Gasteiger partial charge < -0.3 is 16.0 Å². The Bertz CT molecular complexity index is 744. The Balaban J connectivity index is 1.77. The average molecular weight is 358 g/mol. The molecular formula is C19H24ClN5. The van der Waals surface area contributed by atoms with Crippen LogP contribution in [0.5, 0.6) is 0 Å². The van der Waals surface area contributed by atoms with Crippen LogP contribution in [0.3, 0.4) is 0 Å². The molecule has 0 aliphatic carbocycles. The molecule has 4 rings (SSSR count). The lowest BCUT2D eigenvalue weighted by molar-refractivity contribution is 0.354. The highest BCUT2D eigenvalue weighted by Crippen LogP contribution is 2.42. The molecule has 3 heterocycles. The Labute approximate surface area is 153 Å². The van der Waals surface area contributed by atoms with E-state index in [9.17, 15) is 0 Å². The monoisotopic (exact) mass is 357 g/mol. The molecule has 25 heavy (non-hydrogen) atoms. The highest BCUT2D eigenvalue weighted by molar-refractivity contribution is 6.31. The maximum Gasteiger partial charge on any atom is 0.225 e. The SMILES string of the molecule is N[C@H]1CCN(c2nccc(C3(c4ccccc4Cl)CCNCC3)n2)C1. The van der Waals surface area contributed by atoms with Crippen LogP contribution in [0.4, 0.5) is 5.95 Å². The molecular weight excluding hydrogens is 334 g/mol. The summed E-state index contributed by atoms with van der Waals surface area (Å²) < 4.78 is 0. The molecule has 3 N–H and O–H groups in total. The number of nitrogens with zero attached hydrogens (tertiary/aromatic N) is 3. The topological polar surface area (TPSA) is 67.1 Å². The highest BCUT2D eigenvalue weighted by atomic mass is 35.5. The van der Waals surface area contributed by atoms with Gasteiger partial charge in [0.25, 0.3) is 0 Å². The molecule has 0 bridgehead atoms. The predicted octanol–water partition coefficient (Wildman–Crippen LogP) is 2.34. The molecule has 0 saturated carbocycles. The molecule has 132 valence electrons. The molecule has 5 nitrogen and oxygen atoms in total. The number of rotatable bonds is 3. The van der Waals surface area contributed by atoms with Gasteiger partial charge in [0.15, 0.2) is 0 Å². The number of halogens is 1. The number of nitrogens with one attached hydrogen (secondary N) is 1. The number of nitrogens with two attached hydrogens (primary N) is 1. The number of hydrogen-bond acceptors (Lipinski definition) is 5. The van der Waals surface area contributed by atoms with E-state index in [0.717, 1.165) is 62.1 Å². The molecule has 0 amide bonds. The van der Waals surface area contributed by atoms with Crippen molar-refractivity contribution in [2.75, 3.05) is 31.1 Å². The molecule has 2 fully saturated rings. The van der Waals surface area contributed by atoms with E-state index < -0.39 is 0 Å². The summed E-state index contributed by atoms with van der Waals surface area (Å²) in [6.07, 6.45) is 4.83. The first-order valence-corrected chi connectivity index (χ1v) is 9.37. The fraction of sp³-hybridized carbons (Fsp3) is 0.474. The largest absolute Gasteiger partial charge is 0.339 e. The zero-order chi connectivity index (χ0) is 17.3. The third-order valence-electron chi connectivity index (χ3n) is 5.49. The van der Waals surface area contributed by atoms with Gasteiger partial charge in [0.1, 0.15) is 0 Å². The lowest BCUT2D eigenvalue weighted by atomic mass is 9.70. The summed E-state index contributed by atoms with van der Waals surface area (Å²) in [5, 5.41) is 4.27. The minimum Gasteiger partial charge on any atom is -0.339 e. The van der Waals surface area contributed by atoms with Crippen LogP contribution in [0.15, 0.2) is 36.5 Å². The first-order chi connectivity index (χ1) is 12.2. The summed E-state index contributed by atoms with van der Waals surface area (Å²) in [7, 11) is 0. The maximum atomic E-state index is 6.59. The van der Waals surface area contributed by atoms with Gasteiger partial charge in [-0.05, 0) is 50.0 Å². The van der Waals surface area contributed by atoms with E-state index >= 15 is 0 Å². The molecule has 2 aliphatic rings. The summed E-state index contributed by atoms with van der Waals surface area (Å²) in [6.45, 7) is 3.66. The number of piperidine rings is 1. The zero-order valence-electron chi connectivity index (χ0n) is 14.3. The molecule has 1 atom stereocenters. The van der Waals surface area contributed by atoms with Crippen molar-refractivity contribution in [3.05, 3.63) is 52.8 Å². The number of anilines is 1. The van der Waals surface area contributed by atoms with Gasteiger partial charge in [0.05, 0.1) is 5.69 Å². The van der Waals surface area contributed by atoms with E-state index in [1.165, 1.54) is 5.56 Å². The second kappa shape index (κ2) is 6.90. The third-order valence-corrected chi connectivity index (χ3v) is 5.82. The van der Waals surface area contributed by atoms with Crippen LogP contribution in [0.1, 0.15) is 30.5 Å². The van der Waals surface area contributed by atoms with E-state index in [-0.39, 0.29) is 11.5 Å². The predicted molar refractivity (Wildman–Crippen MR) is 101 cm³/mol. The summed E-state index contributed by atoms with van der Waals surface area (Å²) >= 11 is 6.59. The van der Waals surface area contributed by atoms with E-state index in [1.54, 1.807) is 0 Å². The van der Waals surface area contributed by atoms with Crippen LogP contribution < -0.4 is 16.0 Å². The second-order valence-corrected chi connectivity index (χ2v) is 7.46. The molecule has 2 aliphatic heterocycles. The van der Waals surface area contributed by atoms with Crippen molar-refractivity contribution in [2.24, 2.45) is 5.73 Å². The fourth-order valence-electron chi connectivity index (χ4n) is 4.10. The van der Waals surface area contributed by atoms with Crippen molar-refractivity contribution in [3.63, 3.8) is 0 Å². The van der Waals surface area contributed by atoms with Crippen molar-refractivity contribution < 1.29 is 0 Å². The third kappa shape index (κ3) is 3.12. The van der Waals surface area contributed by atoms with Crippen molar-refractivity contribution >= 4 is 17.5 Å². The van der Waals surface area contributed by atoms with Gasteiger partial charge in [-0.3, -0.25) is 0 Å². The Morgan fingerprint density at radius 1 is 1.20 bits per heavy atom. The summed E-state index contributed by atoms with van der Waals surface area (Å²) in [6, 6.07) is 10.4. The molecule has 2 saturated heterocycles. The van der Waals surface area contributed by atoms with E-state index in [0.29, 0.717) is 0 Å². The van der Waals surface area contributed by atoms with Crippen molar-refractivity contribution in [1.29, 1.82) is 0 Å². The smallest absolute Gasteiger partial charge is 0.225 e. The van der Waals surface area contributed by atoms with Crippen molar-refractivity contribution in [2.45, 2.75) is 30.7 Å². The second-order valence-electron chi connectivity index (χ2n) is 7.05. The minimum atomic E-state index is -0.164. The number of aromatic nitrogens is 2. The van der Waals surface area contributed by atoms with E-state index in [4.69, 9.17) is 22.3 Å². The Morgan fingerprint density at radius 3 is 2.72 bits per heavy atom. The summed E-state index contributed by atoms with van der Waals surface area (Å²) in [5.74, 6) is 0.787. The van der Waals surface area contributed by atoms with Crippen LogP contribution in [0.2, 0.25) is 5.02 Å². The van der Waals surface area contributed by atoms with Crippen LogP contribution >= 0.6 is 11.6 Å². The first kappa shape index (κ1) is 16.8. The fourth-order valence-corrected chi connectivity index (χ4v) is 4.42. The molecule has 0 radical (unpaired) electrons. The molecule has 1 aromatic carbocycles. The van der Waals surface area contributed by atoms with Crippen LogP contribution in [-0.4, -0.2) is 42.2 Å². The van der Waals surface area contributed by atoms with E-state index in [1.807, 2.05) is 24.4 Å². The number of hydrogen-bond donors (Lipinski definition) is 2. The van der Waals surface area contributed by atoms with Crippen molar-refractivity contribution in [1.82, 2.24) is 15.3 Å². The molecule has 2 aromatic rings. The van der Waals surface area contributed by atoms with Gasteiger partial charge in [-0.1, -0.05) is 29.8 Å². The average Bonchev–Trinajstić information content (AvgIpc) is 3.09. The Kier molecular flexibility index (Phi) is 4.63. The lowest BCUT2D eigenvalue weighted by Gasteiger charge is -2.38. The Morgan fingerprint density at radius 2 is 2.00 bits per heavy atom. The quantitative estimate of drug-likeness (QED) is 0.882. The van der Waals surface area contributed by atoms with Gasteiger partial charge in [-0.25, -0.2) is 9.97 Å². The van der Waals surface area contributed by atoms with Crippen LogP contribution in [0.25, 0.3) is 0 Å². The van der Waals surface area contributed by atoms with E-state index in [2.05, 4.69) is 27.3 Å². The molecule has 1 aromatic heterocycles. The number of benzene rings is 1. The van der Waals surface area contributed by atoms with Crippen LogP contribution in [0, 0.1) is 0 Å². The Hall–Kier alpha value is -1.69. The standard InChI is InChI=1S/C19H24ClN5/c20-16-4-2-1-3-15(16)19(7-10-22-11-8-19)17-5-9-23-18(24-17)25-12-6-14(21)13-25/h1-5,9,14,22H,6-8,10-13,21H2/t14-/m0/s1. The summed E-state index contributed by atoms with van der Waals surface area (Å²) in [5.41, 5.74) is 8.12.